The fraction of sp³-hybridized carbons (Fsp3) is 1.00. The van der Waals surface area contributed by atoms with Crippen LogP contribution >= 0.6 is 12.4 Å². The Kier molecular flexibility index (Phi) is 26.8. The highest BCUT2D eigenvalue weighted by Crippen LogP contribution is 2.04. The summed E-state index contributed by atoms with van der Waals surface area (Å²) in [4.78, 5) is 0. The molecular formula is C6H21ClO6Si. The zero-order chi connectivity index (χ0) is 10.0. The molecule has 14 heavy (non-hydrogen) atoms. The fourth-order valence-corrected chi connectivity index (χ4v) is 1.50. The molecule has 0 aliphatic heterocycles. The van der Waals surface area contributed by atoms with Crippen molar-refractivity contribution in [2.45, 2.75) is 6.92 Å². The van der Waals surface area contributed by atoms with Crippen LogP contribution in [0.25, 0.3) is 0 Å². The van der Waals surface area contributed by atoms with Crippen molar-refractivity contribution >= 4 is 21.5 Å². The van der Waals surface area contributed by atoms with Gasteiger partial charge in [-0.15, -0.1) is 12.4 Å². The van der Waals surface area contributed by atoms with Gasteiger partial charge in [-0.2, -0.15) is 0 Å². The third-order valence-electron chi connectivity index (χ3n) is 1.00. The van der Waals surface area contributed by atoms with E-state index in [1.54, 1.807) is 6.92 Å². The highest BCUT2D eigenvalue weighted by atomic mass is 35.5. The van der Waals surface area contributed by atoms with Gasteiger partial charge in [0.25, 0.3) is 0 Å². The van der Waals surface area contributed by atoms with E-state index >= 15 is 0 Å². The molecule has 0 aromatic heterocycles. The Morgan fingerprint density at radius 2 is 1.07 bits per heavy atom. The van der Waals surface area contributed by atoms with Gasteiger partial charge >= 0.3 is 9.05 Å². The summed E-state index contributed by atoms with van der Waals surface area (Å²) < 4.78 is 19.4. The van der Waals surface area contributed by atoms with Gasteiger partial charge in [0.1, 0.15) is 0 Å². The predicted octanol–water partition coefficient (Wildman–Crippen LogP) is -0.397. The minimum Gasteiger partial charge on any atom is -0.412 e. The molecular weight excluding hydrogens is 232 g/mol. The second kappa shape index (κ2) is 15.7. The molecule has 3 N–H and O–H groups in total. The van der Waals surface area contributed by atoms with E-state index in [0.717, 1.165) is 0 Å². The number of hydrogen-bond acceptors (Lipinski definition) is 5. The molecule has 0 heterocycles. The Hall–Kier alpha value is 0.267. The van der Waals surface area contributed by atoms with Gasteiger partial charge in [0.05, 0.1) is 0 Å². The zero-order valence-corrected chi connectivity index (χ0v) is 11.0. The van der Waals surface area contributed by atoms with Crippen molar-refractivity contribution in [1.82, 2.24) is 0 Å². The largest absolute Gasteiger partial charge is 0.678 e. The van der Waals surface area contributed by atoms with Crippen LogP contribution in [-0.4, -0.2) is 54.7 Å². The zero-order valence-electron chi connectivity index (χ0n) is 9.20. The molecule has 0 unspecified atom stereocenters. The van der Waals surface area contributed by atoms with E-state index in [2.05, 4.69) is 0 Å². The van der Waals surface area contributed by atoms with Crippen molar-refractivity contribution in [1.29, 1.82) is 0 Å². The highest BCUT2D eigenvalue weighted by Gasteiger charge is 2.40. The lowest BCUT2D eigenvalue weighted by Gasteiger charge is -2.19. The van der Waals surface area contributed by atoms with E-state index in [0.29, 0.717) is 0 Å². The summed E-state index contributed by atoms with van der Waals surface area (Å²) in [6.07, 6.45) is 0. The van der Waals surface area contributed by atoms with Crippen molar-refractivity contribution in [3.8, 4) is 0 Å². The van der Waals surface area contributed by atoms with Crippen molar-refractivity contribution in [2.24, 2.45) is 0 Å². The number of aliphatic hydroxyl groups is 1. The molecule has 0 fully saturated rings. The lowest BCUT2D eigenvalue weighted by atomic mass is 10.9. The van der Waals surface area contributed by atoms with Crippen molar-refractivity contribution < 1.29 is 28.3 Å². The van der Waals surface area contributed by atoms with Gasteiger partial charge in [0, 0.05) is 35.0 Å². The maximum absolute atomic E-state index is 7.57. The molecule has 0 aliphatic rings. The summed E-state index contributed by atoms with van der Waals surface area (Å²) in [5.74, 6) is 0. The van der Waals surface area contributed by atoms with Crippen molar-refractivity contribution in [3.05, 3.63) is 0 Å². The quantitative estimate of drug-likeness (QED) is 0.688. The van der Waals surface area contributed by atoms with Crippen LogP contribution in [0.5, 0.6) is 0 Å². The van der Waals surface area contributed by atoms with E-state index in [9.17, 15) is 0 Å². The lowest BCUT2D eigenvalue weighted by Crippen LogP contribution is -2.45. The second-order valence-corrected chi connectivity index (χ2v) is 4.27. The maximum atomic E-state index is 7.57. The highest BCUT2D eigenvalue weighted by molar-refractivity contribution is 6.53. The summed E-state index contributed by atoms with van der Waals surface area (Å²) in [6, 6.07) is 0. The van der Waals surface area contributed by atoms with E-state index < -0.39 is 9.05 Å². The molecule has 0 aliphatic carbocycles. The van der Waals surface area contributed by atoms with Gasteiger partial charge in [-0.1, -0.05) is 0 Å². The molecule has 0 saturated heterocycles. The summed E-state index contributed by atoms with van der Waals surface area (Å²) in [5, 5.41) is 7.57. The van der Waals surface area contributed by atoms with Gasteiger partial charge in [-0.05, 0) is 6.92 Å². The lowest BCUT2D eigenvalue weighted by molar-refractivity contribution is 0.0226. The van der Waals surface area contributed by atoms with Crippen LogP contribution in [-0.2, 0) is 17.7 Å². The molecule has 0 bridgehead atoms. The first-order chi connectivity index (χ1) is 5.66. The van der Waals surface area contributed by atoms with Gasteiger partial charge < -0.3 is 28.3 Å². The van der Waals surface area contributed by atoms with Crippen LogP contribution < -0.4 is 0 Å². The van der Waals surface area contributed by atoms with E-state index in [-0.39, 0.29) is 24.5 Å². The van der Waals surface area contributed by atoms with Crippen LogP contribution in [0.1, 0.15) is 6.92 Å². The smallest absolute Gasteiger partial charge is 0.412 e. The number of aliphatic hydroxyl groups excluding tert-OH is 1. The molecule has 0 atom stereocenters. The standard InChI is InChI=1S/C4H12O4Si.C2H6O.ClH.H2O/c1-5-9(6-2,7-3)8-4;1-2-3;;/h1-4H3;3H,2H2,1H3;1H;1H2. The van der Waals surface area contributed by atoms with Crippen LogP contribution in [0.3, 0.4) is 0 Å². The molecule has 0 aromatic carbocycles. The number of rotatable bonds is 4. The molecule has 0 rings (SSSR count). The Balaban J connectivity index is -0.0000000891. The molecule has 0 spiro atoms. The van der Waals surface area contributed by atoms with Crippen molar-refractivity contribution in [3.63, 3.8) is 0 Å². The summed E-state index contributed by atoms with van der Waals surface area (Å²) in [6.45, 7) is 1.93. The maximum Gasteiger partial charge on any atom is 0.678 e. The van der Waals surface area contributed by atoms with Crippen LogP contribution in [0.4, 0.5) is 0 Å². The topological polar surface area (TPSA) is 88.7 Å². The summed E-state index contributed by atoms with van der Waals surface area (Å²) in [7, 11) is 3.26. The molecule has 0 aromatic rings. The SMILES string of the molecule is CCO.CO[Si](OC)(OC)OC.Cl.O. The first-order valence-electron chi connectivity index (χ1n) is 3.47. The summed E-state index contributed by atoms with van der Waals surface area (Å²) >= 11 is 0. The molecule has 0 amide bonds. The van der Waals surface area contributed by atoms with E-state index in [1.165, 1.54) is 28.4 Å². The normalized spacial score (nSPS) is 9.00. The van der Waals surface area contributed by atoms with Crippen LogP contribution in [0.2, 0.25) is 0 Å². The Bertz CT molecular complexity index is 74.9. The van der Waals surface area contributed by atoms with Gasteiger partial charge in [0.15, 0.2) is 0 Å². The molecule has 0 radical (unpaired) electrons. The number of hydrogen-bond donors (Lipinski definition) is 1. The minimum atomic E-state index is -2.69. The Morgan fingerprint density at radius 3 is 1.07 bits per heavy atom. The van der Waals surface area contributed by atoms with Crippen molar-refractivity contribution in [2.75, 3.05) is 35.0 Å². The molecule has 92 valence electrons. The average Bonchev–Trinajstić information content (AvgIpc) is 2.11. The first-order valence-corrected chi connectivity index (χ1v) is 5.11. The Labute approximate surface area is 92.3 Å². The van der Waals surface area contributed by atoms with Gasteiger partial charge in [-0.25, -0.2) is 0 Å². The second-order valence-electron chi connectivity index (χ2n) is 1.63. The number of halogens is 1. The third-order valence-corrected chi connectivity index (χ3v) is 3.00. The summed E-state index contributed by atoms with van der Waals surface area (Å²) in [5.41, 5.74) is 0. The predicted molar refractivity (Wildman–Crippen MR) is 57.4 cm³/mol. The fourth-order valence-electron chi connectivity index (χ4n) is 0.500. The average molecular weight is 253 g/mol. The Morgan fingerprint density at radius 1 is 0.929 bits per heavy atom. The van der Waals surface area contributed by atoms with E-state index in [4.69, 9.17) is 22.8 Å². The third kappa shape index (κ3) is 10.3. The van der Waals surface area contributed by atoms with Gasteiger partial charge in [-0.3, -0.25) is 0 Å². The monoisotopic (exact) mass is 252 g/mol. The minimum absolute atomic E-state index is 0. The molecule has 0 saturated carbocycles. The van der Waals surface area contributed by atoms with Crippen LogP contribution in [0.15, 0.2) is 0 Å². The molecule has 8 heteroatoms. The molecule has 6 nitrogen and oxygen atoms in total. The van der Waals surface area contributed by atoms with Gasteiger partial charge in [0.2, 0.25) is 0 Å². The van der Waals surface area contributed by atoms with Crippen LogP contribution in [0, 0.1) is 0 Å². The van der Waals surface area contributed by atoms with E-state index in [1.807, 2.05) is 0 Å². The first kappa shape index (κ1) is 23.8.